The third kappa shape index (κ3) is 3.04. The second-order valence-corrected chi connectivity index (χ2v) is 7.37. The van der Waals surface area contributed by atoms with Crippen LogP contribution in [0, 0.1) is 0 Å². The van der Waals surface area contributed by atoms with E-state index >= 15 is 0 Å². The zero-order chi connectivity index (χ0) is 19.8. The SMILES string of the molecule is COc1ccc(N2C(=O)N(CC(N)=O)c3ccccc3S2(=O)=O)cc1OC. The molecule has 0 atom stereocenters. The molecule has 0 aromatic heterocycles. The van der Waals surface area contributed by atoms with Gasteiger partial charge in [0.15, 0.2) is 11.5 Å². The van der Waals surface area contributed by atoms with E-state index in [1.54, 1.807) is 6.07 Å². The van der Waals surface area contributed by atoms with Gasteiger partial charge in [-0.2, -0.15) is 4.31 Å². The minimum absolute atomic E-state index is 0.0432. The summed E-state index contributed by atoms with van der Waals surface area (Å²) in [5.41, 5.74) is 5.38. The maximum atomic E-state index is 13.1. The van der Waals surface area contributed by atoms with Gasteiger partial charge in [0.05, 0.1) is 25.6 Å². The van der Waals surface area contributed by atoms with Gasteiger partial charge in [-0.1, -0.05) is 12.1 Å². The number of urea groups is 1. The first-order valence-electron chi connectivity index (χ1n) is 7.77. The lowest BCUT2D eigenvalue weighted by Crippen LogP contribution is -2.53. The van der Waals surface area contributed by atoms with Gasteiger partial charge in [0.1, 0.15) is 11.4 Å². The standard InChI is InChI=1S/C17H17N3O6S/c1-25-13-8-7-11(9-14(13)26-2)20-17(22)19(10-16(18)21)12-5-3-4-6-15(12)27(20,23)24/h3-9H,10H2,1-2H3,(H2,18,21). The Morgan fingerprint density at radius 3 is 2.37 bits per heavy atom. The summed E-state index contributed by atoms with van der Waals surface area (Å²) in [6, 6.07) is 9.25. The highest BCUT2D eigenvalue weighted by atomic mass is 32.2. The van der Waals surface area contributed by atoms with E-state index in [4.69, 9.17) is 15.2 Å². The van der Waals surface area contributed by atoms with Crippen LogP contribution in [0.15, 0.2) is 47.4 Å². The van der Waals surface area contributed by atoms with E-state index in [2.05, 4.69) is 0 Å². The Hall–Kier alpha value is -3.27. The van der Waals surface area contributed by atoms with Gasteiger partial charge in [0.25, 0.3) is 10.0 Å². The van der Waals surface area contributed by atoms with Crippen LogP contribution < -0.4 is 24.4 Å². The van der Waals surface area contributed by atoms with E-state index in [1.807, 2.05) is 0 Å². The number of anilines is 2. The molecule has 2 N–H and O–H groups in total. The maximum Gasteiger partial charge on any atom is 0.343 e. The fourth-order valence-corrected chi connectivity index (χ4v) is 4.41. The Morgan fingerprint density at radius 1 is 1.07 bits per heavy atom. The number of amides is 3. The number of ether oxygens (including phenoxy) is 2. The molecule has 0 unspecified atom stereocenters. The van der Waals surface area contributed by atoms with E-state index in [-0.39, 0.29) is 22.0 Å². The van der Waals surface area contributed by atoms with Crippen LogP contribution in [0.5, 0.6) is 11.5 Å². The van der Waals surface area contributed by atoms with Crippen LogP contribution in [0.2, 0.25) is 0 Å². The van der Waals surface area contributed by atoms with Crippen LogP contribution in [0.1, 0.15) is 0 Å². The number of sulfonamides is 1. The number of rotatable bonds is 5. The molecule has 2 aromatic carbocycles. The number of nitrogens with zero attached hydrogens (tertiary/aromatic N) is 2. The number of carbonyl (C=O) groups excluding carboxylic acids is 2. The summed E-state index contributed by atoms with van der Waals surface area (Å²) in [4.78, 5) is 25.3. The quantitative estimate of drug-likeness (QED) is 0.821. The summed E-state index contributed by atoms with van der Waals surface area (Å²) < 4.78 is 37.1. The van der Waals surface area contributed by atoms with Crippen molar-refractivity contribution in [3.8, 4) is 11.5 Å². The first kappa shape index (κ1) is 18.5. The smallest absolute Gasteiger partial charge is 0.343 e. The lowest BCUT2D eigenvalue weighted by Gasteiger charge is -2.35. The van der Waals surface area contributed by atoms with E-state index in [0.29, 0.717) is 10.1 Å². The zero-order valence-electron chi connectivity index (χ0n) is 14.6. The largest absolute Gasteiger partial charge is 0.493 e. The minimum atomic E-state index is -4.20. The first-order chi connectivity index (χ1) is 12.8. The molecule has 0 bridgehead atoms. The van der Waals surface area contributed by atoms with Gasteiger partial charge in [-0.25, -0.2) is 13.2 Å². The number of nitrogens with two attached hydrogens (primary N) is 1. The predicted molar refractivity (Wildman–Crippen MR) is 97.6 cm³/mol. The van der Waals surface area contributed by atoms with Gasteiger partial charge in [-0.3, -0.25) is 9.69 Å². The van der Waals surface area contributed by atoms with Crippen LogP contribution in [-0.4, -0.2) is 41.1 Å². The third-order valence-corrected chi connectivity index (χ3v) is 5.74. The number of para-hydroxylation sites is 1. The van der Waals surface area contributed by atoms with Crippen LogP contribution in [-0.2, 0) is 14.8 Å². The molecule has 0 aliphatic carbocycles. The number of carbonyl (C=O) groups is 2. The summed E-state index contributed by atoms with van der Waals surface area (Å²) in [5.74, 6) is -0.152. The fraction of sp³-hybridized carbons (Fsp3) is 0.176. The van der Waals surface area contributed by atoms with Crippen molar-refractivity contribution in [3.05, 3.63) is 42.5 Å². The van der Waals surface area contributed by atoms with E-state index in [1.165, 1.54) is 50.6 Å². The summed E-state index contributed by atoms with van der Waals surface area (Å²) in [7, 11) is -1.38. The van der Waals surface area contributed by atoms with Crippen LogP contribution in [0.25, 0.3) is 0 Å². The lowest BCUT2D eigenvalue weighted by molar-refractivity contribution is -0.116. The predicted octanol–water partition coefficient (Wildman–Crippen LogP) is 1.32. The van der Waals surface area contributed by atoms with Crippen molar-refractivity contribution in [2.24, 2.45) is 5.73 Å². The molecule has 27 heavy (non-hydrogen) atoms. The van der Waals surface area contributed by atoms with Gasteiger partial charge in [0, 0.05) is 6.07 Å². The Kier molecular flexibility index (Phi) is 4.66. The molecule has 1 aliphatic rings. The second-order valence-electron chi connectivity index (χ2n) is 5.61. The van der Waals surface area contributed by atoms with Crippen molar-refractivity contribution in [2.75, 3.05) is 30.0 Å². The molecule has 3 amide bonds. The molecule has 0 fully saturated rings. The van der Waals surface area contributed by atoms with E-state index in [0.717, 1.165) is 4.90 Å². The van der Waals surface area contributed by atoms with Crippen LogP contribution >= 0.6 is 0 Å². The average Bonchev–Trinajstić information content (AvgIpc) is 2.64. The van der Waals surface area contributed by atoms with Crippen molar-refractivity contribution in [3.63, 3.8) is 0 Å². The molecule has 142 valence electrons. The van der Waals surface area contributed by atoms with Crippen molar-refractivity contribution in [1.82, 2.24) is 0 Å². The summed E-state index contributed by atoms with van der Waals surface area (Å²) in [6.07, 6.45) is 0. The minimum Gasteiger partial charge on any atom is -0.493 e. The molecule has 0 spiro atoms. The molecular weight excluding hydrogens is 374 g/mol. The van der Waals surface area contributed by atoms with Gasteiger partial charge in [-0.15, -0.1) is 0 Å². The topological polar surface area (TPSA) is 119 Å². The molecule has 0 radical (unpaired) electrons. The molecular formula is C17H17N3O6S. The van der Waals surface area contributed by atoms with Gasteiger partial charge >= 0.3 is 6.03 Å². The maximum absolute atomic E-state index is 13.1. The van der Waals surface area contributed by atoms with Crippen molar-refractivity contribution in [1.29, 1.82) is 0 Å². The first-order valence-corrected chi connectivity index (χ1v) is 9.21. The molecule has 1 heterocycles. The lowest BCUT2D eigenvalue weighted by atomic mass is 10.2. The monoisotopic (exact) mass is 391 g/mol. The molecule has 0 saturated carbocycles. The summed E-state index contributed by atoms with van der Waals surface area (Å²) in [6.45, 7) is -0.463. The fourth-order valence-electron chi connectivity index (χ4n) is 2.82. The summed E-state index contributed by atoms with van der Waals surface area (Å²) >= 11 is 0. The van der Waals surface area contributed by atoms with Gasteiger partial charge < -0.3 is 15.2 Å². The Bertz CT molecular complexity index is 1020. The molecule has 3 rings (SSSR count). The van der Waals surface area contributed by atoms with Crippen LogP contribution in [0.4, 0.5) is 16.2 Å². The molecule has 10 heteroatoms. The number of methoxy groups -OCH3 is 2. The number of hydrogen-bond acceptors (Lipinski definition) is 6. The number of fused-ring (bicyclic) bond motifs is 1. The Morgan fingerprint density at radius 2 is 1.74 bits per heavy atom. The number of primary amides is 1. The van der Waals surface area contributed by atoms with Gasteiger partial charge in [-0.05, 0) is 24.3 Å². The Balaban J connectivity index is 2.21. The highest BCUT2D eigenvalue weighted by Gasteiger charge is 2.43. The number of benzene rings is 2. The summed E-state index contributed by atoms with van der Waals surface area (Å²) in [5, 5.41) is 0. The van der Waals surface area contributed by atoms with Crippen molar-refractivity contribution < 1.29 is 27.5 Å². The van der Waals surface area contributed by atoms with Crippen molar-refractivity contribution >= 4 is 33.3 Å². The molecule has 2 aromatic rings. The third-order valence-electron chi connectivity index (χ3n) is 3.99. The molecule has 9 nitrogen and oxygen atoms in total. The van der Waals surface area contributed by atoms with E-state index < -0.39 is 28.5 Å². The van der Waals surface area contributed by atoms with Gasteiger partial charge in [0.2, 0.25) is 5.91 Å². The molecule has 1 aliphatic heterocycles. The zero-order valence-corrected chi connectivity index (χ0v) is 15.4. The highest BCUT2D eigenvalue weighted by Crippen LogP contribution is 2.39. The number of hydrogen-bond donors (Lipinski definition) is 1. The highest BCUT2D eigenvalue weighted by molar-refractivity contribution is 7.94. The molecule has 0 saturated heterocycles. The normalized spacial score (nSPS) is 15.3. The van der Waals surface area contributed by atoms with E-state index in [9.17, 15) is 18.0 Å². The van der Waals surface area contributed by atoms with Crippen LogP contribution in [0.3, 0.4) is 0 Å². The average molecular weight is 391 g/mol. The Labute approximate surface area is 155 Å². The second kappa shape index (κ2) is 6.80. The van der Waals surface area contributed by atoms with Crippen molar-refractivity contribution in [2.45, 2.75) is 4.90 Å².